The molecule has 1 heterocycles. The summed E-state index contributed by atoms with van der Waals surface area (Å²) in [5, 5.41) is 5.94. The standard InChI is InChI=1S/C18H24N4O3/c1-4-25-16-9-6-5-8-14(16)21-17(23)15-12-13(2)20-18(22-15)19-10-7-11-24-3/h5-6,8-9,12H,4,7,10-11H2,1-3H3,(H,21,23)(H,19,20,22). The Morgan fingerprint density at radius 2 is 2.04 bits per heavy atom. The Hall–Kier alpha value is -2.67. The lowest BCUT2D eigenvalue weighted by atomic mass is 10.2. The molecule has 7 heteroatoms. The summed E-state index contributed by atoms with van der Waals surface area (Å²) in [6.45, 7) is 5.57. The first-order valence-corrected chi connectivity index (χ1v) is 8.25. The van der Waals surface area contributed by atoms with Crippen LogP contribution in [-0.4, -0.2) is 42.7 Å². The minimum atomic E-state index is -0.308. The van der Waals surface area contributed by atoms with E-state index in [2.05, 4.69) is 20.6 Å². The van der Waals surface area contributed by atoms with Gasteiger partial charge >= 0.3 is 0 Å². The maximum Gasteiger partial charge on any atom is 0.274 e. The molecule has 0 aliphatic rings. The second-order valence-electron chi connectivity index (χ2n) is 5.37. The SMILES string of the molecule is CCOc1ccccc1NC(=O)c1cc(C)nc(NCCCOC)n1. The van der Waals surface area contributed by atoms with Gasteiger partial charge in [0.1, 0.15) is 11.4 Å². The smallest absolute Gasteiger partial charge is 0.274 e. The van der Waals surface area contributed by atoms with Gasteiger partial charge in [0.15, 0.2) is 0 Å². The number of carbonyl (C=O) groups excluding carboxylic acids is 1. The van der Waals surface area contributed by atoms with Gasteiger partial charge in [-0.1, -0.05) is 12.1 Å². The summed E-state index contributed by atoms with van der Waals surface area (Å²) in [6, 6.07) is 8.95. The van der Waals surface area contributed by atoms with Crippen LogP contribution in [0.4, 0.5) is 11.6 Å². The molecule has 1 amide bonds. The van der Waals surface area contributed by atoms with Gasteiger partial charge in [-0.2, -0.15) is 0 Å². The van der Waals surface area contributed by atoms with Crippen molar-refractivity contribution < 1.29 is 14.3 Å². The van der Waals surface area contributed by atoms with E-state index in [-0.39, 0.29) is 5.91 Å². The maximum absolute atomic E-state index is 12.5. The number of para-hydroxylation sites is 2. The first kappa shape index (κ1) is 18.7. The normalized spacial score (nSPS) is 10.4. The van der Waals surface area contributed by atoms with Gasteiger partial charge in [0.05, 0.1) is 12.3 Å². The van der Waals surface area contributed by atoms with Gasteiger partial charge in [-0.15, -0.1) is 0 Å². The van der Waals surface area contributed by atoms with Crippen molar-refractivity contribution in [2.45, 2.75) is 20.3 Å². The van der Waals surface area contributed by atoms with E-state index in [4.69, 9.17) is 9.47 Å². The largest absolute Gasteiger partial charge is 0.492 e. The summed E-state index contributed by atoms with van der Waals surface area (Å²) in [5.41, 5.74) is 1.63. The minimum absolute atomic E-state index is 0.299. The Kier molecular flexibility index (Phi) is 7.16. The van der Waals surface area contributed by atoms with Crippen molar-refractivity contribution in [1.82, 2.24) is 9.97 Å². The molecular formula is C18H24N4O3. The Morgan fingerprint density at radius 3 is 2.80 bits per heavy atom. The average molecular weight is 344 g/mol. The molecular weight excluding hydrogens is 320 g/mol. The van der Waals surface area contributed by atoms with E-state index in [0.717, 1.165) is 6.42 Å². The highest BCUT2D eigenvalue weighted by atomic mass is 16.5. The van der Waals surface area contributed by atoms with Crippen LogP contribution in [0.5, 0.6) is 5.75 Å². The first-order valence-electron chi connectivity index (χ1n) is 8.25. The molecule has 25 heavy (non-hydrogen) atoms. The van der Waals surface area contributed by atoms with E-state index in [9.17, 15) is 4.79 Å². The molecule has 0 saturated carbocycles. The number of hydrogen-bond donors (Lipinski definition) is 2. The zero-order valence-corrected chi connectivity index (χ0v) is 14.8. The van der Waals surface area contributed by atoms with Crippen molar-refractivity contribution >= 4 is 17.5 Å². The summed E-state index contributed by atoms with van der Waals surface area (Å²) in [7, 11) is 1.66. The number of hydrogen-bond acceptors (Lipinski definition) is 6. The predicted octanol–water partition coefficient (Wildman–Crippen LogP) is 2.88. The highest BCUT2D eigenvalue weighted by Crippen LogP contribution is 2.24. The predicted molar refractivity (Wildman–Crippen MR) is 97.3 cm³/mol. The number of aromatic nitrogens is 2. The molecule has 0 fully saturated rings. The van der Waals surface area contributed by atoms with Gasteiger partial charge in [0.25, 0.3) is 5.91 Å². The molecule has 1 aromatic heterocycles. The lowest BCUT2D eigenvalue weighted by Crippen LogP contribution is -2.17. The number of nitrogens with one attached hydrogen (secondary N) is 2. The number of rotatable bonds is 9. The summed E-state index contributed by atoms with van der Waals surface area (Å²) in [5.74, 6) is 0.749. The van der Waals surface area contributed by atoms with E-state index in [1.807, 2.05) is 32.0 Å². The molecule has 0 aliphatic carbocycles. The summed E-state index contributed by atoms with van der Waals surface area (Å²) in [6.07, 6.45) is 0.830. The van der Waals surface area contributed by atoms with Gasteiger partial charge in [-0.05, 0) is 38.5 Å². The summed E-state index contributed by atoms with van der Waals surface area (Å²) in [4.78, 5) is 21.1. The van der Waals surface area contributed by atoms with E-state index in [1.54, 1.807) is 19.2 Å². The third kappa shape index (κ3) is 5.72. The minimum Gasteiger partial charge on any atom is -0.492 e. The average Bonchev–Trinajstić information content (AvgIpc) is 2.60. The fourth-order valence-corrected chi connectivity index (χ4v) is 2.22. The third-order valence-electron chi connectivity index (χ3n) is 3.33. The van der Waals surface area contributed by atoms with Crippen molar-refractivity contribution in [2.24, 2.45) is 0 Å². The Labute approximate surface area is 147 Å². The first-order chi connectivity index (χ1) is 12.1. The molecule has 2 rings (SSSR count). The van der Waals surface area contributed by atoms with Gasteiger partial charge in [-0.25, -0.2) is 9.97 Å². The van der Waals surface area contributed by atoms with Crippen LogP contribution < -0.4 is 15.4 Å². The van der Waals surface area contributed by atoms with Crippen molar-refractivity contribution in [3.8, 4) is 5.75 Å². The zero-order chi connectivity index (χ0) is 18.1. The molecule has 2 aromatic rings. The molecule has 0 spiro atoms. The van der Waals surface area contributed by atoms with Crippen LogP contribution in [0.15, 0.2) is 30.3 Å². The molecule has 134 valence electrons. The van der Waals surface area contributed by atoms with Crippen LogP contribution in [0.3, 0.4) is 0 Å². The molecule has 0 bridgehead atoms. The highest BCUT2D eigenvalue weighted by Gasteiger charge is 2.13. The second kappa shape index (κ2) is 9.58. The van der Waals surface area contributed by atoms with Gasteiger partial charge in [0.2, 0.25) is 5.95 Å². The molecule has 0 saturated heterocycles. The van der Waals surface area contributed by atoms with Crippen LogP contribution in [-0.2, 0) is 4.74 Å². The van der Waals surface area contributed by atoms with E-state index in [0.29, 0.717) is 48.5 Å². The summed E-state index contributed by atoms with van der Waals surface area (Å²) < 4.78 is 10.5. The van der Waals surface area contributed by atoms with Crippen molar-refractivity contribution in [2.75, 3.05) is 37.5 Å². The number of nitrogens with zero attached hydrogens (tertiary/aromatic N) is 2. The molecule has 0 unspecified atom stereocenters. The number of amides is 1. The Balaban J connectivity index is 2.10. The number of benzene rings is 1. The second-order valence-corrected chi connectivity index (χ2v) is 5.37. The van der Waals surface area contributed by atoms with Gasteiger partial charge < -0.3 is 20.1 Å². The van der Waals surface area contributed by atoms with Crippen molar-refractivity contribution in [3.05, 3.63) is 41.7 Å². The highest BCUT2D eigenvalue weighted by molar-refractivity contribution is 6.03. The zero-order valence-electron chi connectivity index (χ0n) is 14.8. The van der Waals surface area contributed by atoms with Gasteiger partial charge in [-0.3, -0.25) is 4.79 Å². The quantitative estimate of drug-likeness (QED) is 0.680. The summed E-state index contributed by atoms with van der Waals surface area (Å²) >= 11 is 0. The fraction of sp³-hybridized carbons (Fsp3) is 0.389. The number of anilines is 2. The van der Waals surface area contributed by atoms with E-state index < -0.39 is 0 Å². The third-order valence-corrected chi connectivity index (χ3v) is 3.33. The number of ether oxygens (including phenoxy) is 2. The Bertz CT molecular complexity index is 706. The monoisotopic (exact) mass is 344 g/mol. The van der Waals surface area contributed by atoms with Crippen LogP contribution in [0.1, 0.15) is 29.5 Å². The fourth-order valence-electron chi connectivity index (χ4n) is 2.22. The Morgan fingerprint density at radius 1 is 1.24 bits per heavy atom. The molecule has 0 radical (unpaired) electrons. The lowest BCUT2D eigenvalue weighted by Gasteiger charge is -2.12. The number of carbonyl (C=O) groups is 1. The van der Waals surface area contributed by atoms with Gasteiger partial charge in [0, 0.05) is 26.0 Å². The van der Waals surface area contributed by atoms with Crippen LogP contribution in [0, 0.1) is 6.92 Å². The molecule has 1 aromatic carbocycles. The molecule has 0 atom stereocenters. The molecule has 2 N–H and O–H groups in total. The van der Waals surface area contributed by atoms with Crippen LogP contribution in [0.2, 0.25) is 0 Å². The van der Waals surface area contributed by atoms with E-state index in [1.165, 1.54) is 0 Å². The van der Waals surface area contributed by atoms with Crippen molar-refractivity contribution in [1.29, 1.82) is 0 Å². The van der Waals surface area contributed by atoms with Crippen LogP contribution >= 0.6 is 0 Å². The topological polar surface area (TPSA) is 85.4 Å². The van der Waals surface area contributed by atoms with Crippen molar-refractivity contribution in [3.63, 3.8) is 0 Å². The molecule has 7 nitrogen and oxygen atoms in total. The number of methoxy groups -OCH3 is 1. The van der Waals surface area contributed by atoms with Crippen LogP contribution in [0.25, 0.3) is 0 Å². The number of aryl methyl sites for hydroxylation is 1. The lowest BCUT2D eigenvalue weighted by molar-refractivity contribution is 0.102. The van der Waals surface area contributed by atoms with E-state index >= 15 is 0 Å². The molecule has 0 aliphatic heterocycles. The maximum atomic E-state index is 12.5.